The first-order chi connectivity index (χ1) is 10.7. The predicted molar refractivity (Wildman–Crippen MR) is 87.3 cm³/mol. The van der Waals surface area contributed by atoms with Crippen LogP contribution in [0.5, 0.6) is 11.5 Å². The molecule has 1 spiro atoms. The molecule has 23 heavy (non-hydrogen) atoms. The van der Waals surface area contributed by atoms with E-state index in [9.17, 15) is 8.42 Å². The van der Waals surface area contributed by atoms with Crippen LogP contribution in [0.15, 0.2) is 18.2 Å². The molecule has 1 heterocycles. The van der Waals surface area contributed by atoms with E-state index in [2.05, 4.69) is 13.8 Å². The normalized spacial score (nSPS) is 22.7. The fraction of sp³-hybridized carbons (Fsp3) is 0.647. The van der Waals surface area contributed by atoms with Crippen molar-refractivity contribution in [2.75, 3.05) is 12.9 Å². The lowest BCUT2D eigenvalue weighted by Gasteiger charge is -2.36. The van der Waals surface area contributed by atoms with Crippen molar-refractivity contribution in [1.29, 1.82) is 0 Å². The minimum atomic E-state index is -3.55. The maximum atomic E-state index is 11.4. The monoisotopic (exact) mass is 340 g/mol. The van der Waals surface area contributed by atoms with Crippen LogP contribution in [0.1, 0.15) is 51.5 Å². The average Bonchev–Trinajstić information content (AvgIpc) is 2.55. The molecule has 0 saturated heterocycles. The van der Waals surface area contributed by atoms with Gasteiger partial charge in [0.05, 0.1) is 12.9 Å². The number of hydrogen-bond donors (Lipinski definition) is 0. The SMILES string of the molecule is CC1(C)COC2(CCCCC2)Oc2ccc(OS(C)(=O)=O)cc21. The van der Waals surface area contributed by atoms with Crippen molar-refractivity contribution in [2.45, 2.75) is 57.2 Å². The summed E-state index contributed by atoms with van der Waals surface area (Å²) in [6.45, 7) is 4.67. The highest BCUT2D eigenvalue weighted by Crippen LogP contribution is 2.44. The topological polar surface area (TPSA) is 61.8 Å². The van der Waals surface area contributed by atoms with Gasteiger partial charge in [0.25, 0.3) is 0 Å². The quantitative estimate of drug-likeness (QED) is 0.773. The van der Waals surface area contributed by atoms with E-state index in [1.807, 2.05) is 0 Å². The van der Waals surface area contributed by atoms with Crippen molar-refractivity contribution in [1.82, 2.24) is 0 Å². The van der Waals surface area contributed by atoms with Gasteiger partial charge < -0.3 is 13.7 Å². The zero-order valence-electron chi connectivity index (χ0n) is 13.9. The van der Waals surface area contributed by atoms with Gasteiger partial charge in [-0.2, -0.15) is 8.42 Å². The third-order valence-corrected chi connectivity index (χ3v) is 5.03. The van der Waals surface area contributed by atoms with Gasteiger partial charge in [-0.25, -0.2) is 0 Å². The van der Waals surface area contributed by atoms with Crippen LogP contribution in [0.4, 0.5) is 0 Å². The summed E-state index contributed by atoms with van der Waals surface area (Å²) >= 11 is 0. The standard InChI is InChI=1S/C17H24O5S/c1-16(2)12-20-17(9-5-4-6-10-17)21-15-8-7-13(11-14(15)16)22-23(3,18)19/h7-8,11H,4-6,9-10,12H2,1-3H3. The third kappa shape index (κ3) is 3.63. The molecule has 0 amide bonds. The minimum Gasteiger partial charge on any atom is -0.462 e. The summed E-state index contributed by atoms with van der Waals surface area (Å²) in [6, 6.07) is 5.18. The summed E-state index contributed by atoms with van der Waals surface area (Å²) in [5.74, 6) is 0.526. The fourth-order valence-corrected chi connectivity index (χ4v) is 3.76. The maximum absolute atomic E-state index is 11.4. The molecular weight excluding hydrogens is 316 g/mol. The smallest absolute Gasteiger partial charge is 0.306 e. The lowest BCUT2D eigenvalue weighted by Crippen LogP contribution is -2.41. The predicted octanol–water partition coefficient (Wildman–Crippen LogP) is 3.37. The van der Waals surface area contributed by atoms with Crippen molar-refractivity contribution in [2.24, 2.45) is 0 Å². The van der Waals surface area contributed by atoms with Crippen LogP contribution in [-0.2, 0) is 20.3 Å². The van der Waals surface area contributed by atoms with Crippen LogP contribution in [0.2, 0.25) is 0 Å². The second-order valence-electron chi connectivity index (χ2n) is 7.19. The first-order valence-corrected chi connectivity index (χ1v) is 9.88. The Bertz CT molecular complexity index is 687. The molecule has 0 atom stereocenters. The molecule has 1 saturated carbocycles. The number of ether oxygens (including phenoxy) is 2. The molecule has 5 nitrogen and oxygen atoms in total. The Morgan fingerprint density at radius 1 is 1.13 bits per heavy atom. The highest BCUT2D eigenvalue weighted by Gasteiger charge is 2.42. The van der Waals surface area contributed by atoms with Crippen molar-refractivity contribution < 1.29 is 22.1 Å². The van der Waals surface area contributed by atoms with E-state index in [0.29, 0.717) is 12.4 Å². The molecule has 0 unspecified atom stereocenters. The molecule has 128 valence electrons. The lowest BCUT2D eigenvalue weighted by atomic mass is 9.85. The van der Waals surface area contributed by atoms with E-state index in [-0.39, 0.29) is 5.41 Å². The Morgan fingerprint density at radius 3 is 2.48 bits per heavy atom. The Balaban J connectivity index is 1.98. The van der Waals surface area contributed by atoms with Crippen LogP contribution in [0.3, 0.4) is 0 Å². The van der Waals surface area contributed by atoms with E-state index in [0.717, 1.165) is 43.3 Å². The molecule has 1 fully saturated rings. The first-order valence-electron chi connectivity index (χ1n) is 8.06. The van der Waals surface area contributed by atoms with Gasteiger partial charge in [-0.3, -0.25) is 0 Å². The Kier molecular flexibility index (Phi) is 4.09. The van der Waals surface area contributed by atoms with E-state index >= 15 is 0 Å². The molecule has 6 heteroatoms. The van der Waals surface area contributed by atoms with Gasteiger partial charge in [0, 0.05) is 23.8 Å². The van der Waals surface area contributed by atoms with E-state index in [1.165, 1.54) is 6.42 Å². The number of rotatable bonds is 2. The van der Waals surface area contributed by atoms with Crippen molar-refractivity contribution in [3.8, 4) is 11.5 Å². The van der Waals surface area contributed by atoms with Crippen molar-refractivity contribution in [3.63, 3.8) is 0 Å². The zero-order chi connectivity index (χ0) is 16.7. The Hall–Kier alpha value is -1.27. The van der Waals surface area contributed by atoms with Gasteiger partial charge in [-0.1, -0.05) is 20.3 Å². The van der Waals surface area contributed by atoms with Gasteiger partial charge in [-0.05, 0) is 31.0 Å². The summed E-state index contributed by atoms with van der Waals surface area (Å²) in [6.07, 6.45) is 6.25. The first kappa shape index (κ1) is 16.6. The molecule has 0 aromatic heterocycles. The molecule has 3 rings (SSSR count). The van der Waals surface area contributed by atoms with Crippen LogP contribution in [0.25, 0.3) is 0 Å². The van der Waals surface area contributed by atoms with Crippen molar-refractivity contribution in [3.05, 3.63) is 23.8 Å². The number of fused-ring (bicyclic) bond motifs is 1. The summed E-state index contributed by atoms with van der Waals surface area (Å²) in [5.41, 5.74) is 0.633. The van der Waals surface area contributed by atoms with E-state index < -0.39 is 15.9 Å². The molecule has 1 aromatic carbocycles. The van der Waals surface area contributed by atoms with Crippen molar-refractivity contribution >= 4 is 10.1 Å². The minimum absolute atomic E-state index is 0.285. The highest BCUT2D eigenvalue weighted by molar-refractivity contribution is 7.86. The lowest BCUT2D eigenvalue weighted by molar-refractivity contribution is -0.201. The van der Waals surface area contributed by atoms with Crippen LogP contribution in [-0.4, -0.2) is 27.1 Å². The van der Waals surface area contributed by atoms with Gasteiger partial charge >= 0.3 is 10.1 Å². The molecule has 1 aliphatic heterocycles. The molecule has 2 aliphatic rings. The second-order valence-corrected chi connectivity index (χ2v) is 8.77. The van der Waals surface area contributed by atoms with Gasteiger partial charge in [-0.15, -0.1) is 0 Å². The number of hydrogen-bond acceptors (Lipinski definition) is 5. The summed E-state index contributed by atoms with van der Waals surface area (Å²) in [7, 11) is -3.55. The molecule has 0 radical (unpaired) electrons. The highest BCUT2D eigenvalue weighted by atomic mass is 32.2. The van der Waals surface area contributed by atoms with Crippen LogP contribution < -0.4 is 8.92 Å². The van der Waals surface area contributed by atoms with Crippen LogP contribution in [0, 0.1) is 0 Å². The second kappa shape index (κ2) is 5.67. The van der Waals surface area contributed by atoms with E-state index in [1.54, 1.807) is 18.2 Å². The van der Waals surface area contributed by atoms with E-state index in [4.69, 9.17) is 13.7 Å². The van der Waals surface area contributed by atoms with Gasteiger partial charge in [0.1, 0.15) is 11.5 Å². The fourth-order valence-electron chi connectivity index (χ4n) is 3.31. The molecule has 1 aromatic rings. The largest absolute Gasteiger partial charge is 0.462 e. The molecular formula is C17H24O5S. The third-order valence-electron chi connectivity index (χ3n) is 4.54. The Morgan fingerprint density at radius 2 is 1.83 bits per heavy atom. The van der Waals surface area contributed by atoms with Gasteiger partial charge in [0.15, 0.2) is 0 Å². The van der Waals surface area contributed by atoms with Crippen LogP contribution >= 0.6 is 0 Å². The summed E-state index contributed by atoms with van der Waals surface area (Å²) < 4.78 is 40.2. The molecule has 0 bridgehead atoms. The maximum Gasteiger partial charge on any atom is 0.306 e. The Labute approximate surface area is 138 Å². The molecule has 1 aliphatic carbocycles. The number of benzene rings is 1. The summed E-state index contributed by atoms with van der Waals surface area (Å²) in [5, 5.41) is 0. The molecule has 0 N–H and O–H groups in total. The van der Waals surface area contributed by atoms with Gasteiger partial charge in [0.2, 0.25) is 5.79 Å². The summed E-state index contributed by atoms with van der Waals surface area (Å²) in [4.78, 5) is 0. The average molecular weight is 340 g/mol. The zero-order valence-corrected chi connectivity index (χ0v) is 14.7.